The van der Waals surface area contributed by atoms with Crippen LogP contribution >= 0.6 is 11.6 Å². The van der Waals surface area contributed by atoms with Gasteiger partial charge in [-0.2, -0.15) is 0 Å². The SMILES string of the molecule is CC1(C)CC(NCCc2ccc(Cl)cc2)CCO1. The van der Waals surface area contributed by atoms with Gasteiger partial charge in [-0.05, 0) is 57.4 Å². The molecule has 3 heteroatoms. The zero-order valence-electron chi connectivity index (χ0n) is 11.2. The van der Waals surface area contributed by atoms with Gasteiger partial charge in [-0.25, -0.2) is 0 Å². The summed E-state index contributed by atoms with van der Waals surface area (Å²) in [6.07, 6.45) is 3.26. The first-order valence-electron chi connectivity index (χ1n) is 6.67. The lowest BCUT2D eigenvalue weighted by atomic mass is 9.94. The van der Waals surface area contributed by atoms with Gasteiger partial charge in [-0.3, -0.25) is 0 Å². The van der Waals surface area contributed by atoms with E-state index in [1.54, 1.807) is 0 Å². The quantitative estimate of drug-likeness (QED) is 0.903. The molecule has 1 unspecified atom stereocenters. The largest absolute Gasteiger partial charge is 0.375 e. The summed E-state index contributed by atoms with van der Waals surface area (Å²) in [5.41, 5.74) is 1.36. The van der Waals surface area contributed by atoms with Crippen LogP contribution in [0, 0.1) is 0 Å². The molecule has 1 atom stereocenters. The first kappa shape index (κ1) is 13.9. The summed E-state index contributed by atoms with van der Waals surface area (Å²) in [6.45, 7) is 6.22. The number of halogens is 1. The van der Waals surface area contributed by atoms with Gasteiger partial charge in [0.25, 0.3) is 0 Å². The fourth-order valence-corrected chi connectivity index (χ4v) is 2.60. The minimum Gasteiger partial charge on any atom is -0.375 e. The van der Waals surface area contributed by atoms with Crippen LogP contribution in [0.1, 0.15) is 32.3 Å². The monoisotopic (exact) mass is 267 g/mol. The fraction of sp³-hybridized carbons (Fsp3) is 0.600. The van der Waals surface area contributed by atoms with Gasteiger partial charge in [0.2, 0.25) is 0 Å². The molecule has 0 spiro atoms. The van der Waals surface area contributed by atoms with Crippen LogP contribution in [0.15, 0.2) is 24.3 Å². The Bertz CT molecular complexity index is 375. The van der Waals surface area contributed by atoms with Gasteiger partial charge in [-0.1, -0.05) is 23.7 Å². The fourth-order valence-electron chi connectivity index (χ4n) is 2.48. The third kappa shape index (κ3) is 4.27. The number of hydrogen-bond acceptors (Lipinski definition) is 2. The van der Waals surface area contributed by atoms with Crippen LogP contribution in [0.4, 0.5) is 0 Å². The molecule has 2 rings (SSSR count). The predicted octanol–water partition coefficient (Wildman–Crippen LogP) is 3.43. The number of hydrogen-bond donors (Lipinski definition) is 1. The molecule has 100 valence electrons. The van der Waals surface area contributed by atoms with E-state index in [4.69, 9.17) is 16.3 Å². The zero-order valence-corrected chi connectivity index (χ0v) is 12.0. The molecule has 1 N–H and O–H groups in total. The average molecular weight is 268 g/mol. The van der Waals surface area contributed by atoms with E-state index in [9.17, 15) is 0 Å². The smallest absolute Gasteiger partial charge is 0.0641 e. The van der Waals surface area contributed by atoms with Crippen LogP contribution < -0.4 is 5.32 Å². The van der Waals surface area contributed by atoms with Crippen molar-refractivity contribution in [2.24, 2.45) is 0 Å². The highest BCUT2D eigenvalue weighted by Gasteiger charge is 2.28. The van der Waals surface area contributed by atoms with Gasteiger partial charge in [0.1, 0.15) is 0 Å². The van der Waals surface area contributed by atoms with Crippen molar-refractivity contribution in [3.63, 3.8) is 0 Å². The van der Waals surface area contributed by atoms with E-state index in [0.717, 1.165) is 37.4 Å². The van der Waals surface area contributed by atoms with E-state index in [1.165, 1.54) is 5.56 Å². The second-order valence-corrected chi connectivity index (χ2v) is 6.06. The Kier molecular flexibility index (Phi) is 4.66. The summed E-state index contributed by atoms with van der Waals surface area (Å²) < 4.78 is 5.72. The molecule has 0 bridgehead atoms. The van der Waals surface area contributed by atoms with Crippen LogP contribution in [-0.4, -0.2) is 24.8 Å². The highest BCUT2D eigenvalue weighted by atomic mass is 35.5. The van der Waals surface area contributed by atoms with Gasteiger partial charge >= 0.3 is 0 Å². The topological polar surface area (TPSA) is 21.3 Å². The van der Waals surface area contributed by atoms with Crippen molar-refractivity contribution in [3.8, 4) is 0 Å². The zero-order chi connectivity index (χ0) is 13.0. The van der Waals surface area contributed by atoms with Crippen molar-refractivity contribution in [2.75, 3.05) is 13.2 Å². The number of benzene rings is 1. The van der Waals surface area contributed by atoms with E-state index >= 15 is 0 Å². The van der Waals surface area contributed by atoms with Crippen molar-refractivity contribution in [3.05, 3.63) is 34.9 Å². The lowest BCUT2D eigenvalue weighted by molar-refractivity contribution is -0.0627. The molecule has 1 heterocycles. The van der Waals surface area contributed by atoms with Crippen molar-refractivity contribution in [2.45, 2.75) is 44.8 Å². The summed E-state index contributed by atoms with van der Waals surface area (Å²) in [6, 6.07) is 8.68. The Labute approximate surface area is 115 Å². The third-order valence-corrected chi connectivity index (χ3v) is 3.71. The average Bonchev–Trinajstić information content (AvgIpc) is 2.30. The lowest BCUT2D eigenvalue weighted by Gasteiger charge is -2.36. The molecular formula is C15H22ClNO. The van der Waals surface area contributed by atoms with E-state index in [-0.39, 0.29) is 5.60 Å². The lowest BCUT2D eigenvalue weighted by Crippen LogP contribution is -2.44. The van der Waals surface area contributed by atoms with E-state index in [0.29, 0.717) is 6.04 Å². The second kappa shape index (κ2) is 6.05. The van der Waals surface area contributed by atoms with Gasteiger partial charge < -0.3 is 10.1 Å². The minimum absolute atomic E-state index is 0.0240. The molecule has 2 nitrogen and oxygen atoms in total. The molecule has 1 aliphatic heterocycles. The Balaban J connectivity index is 1.73. The normalized spacial score (nSPS) is 22.9. The van der Waals surface area contributed by atoms with Crippen LogP contribution in [0.2, 0.25) is 5.02 Å². The summed E-state index contributed by atoms with van der Waals surface area (Å²) in [5, 5.41) is 4.43. The maximum Gasteiger partial charge on any atom is 0.0641 e. The second-order valence-electron chi connectivity index (χ2n) is 5.63. The first-order chi connectivity index (χ1) is 8.55. The van der Waals surface area contributed by atoms with Gasteiger partial charge in [0.05, 0.1) is 5.60 Å². The van der Waals surface area contributed by atoms with Gasteiger partial charge in [0, 0.05) is 17.7 Å². The maximum atomic E-state index is 5.87. The van der Waals surface area contributed by atoms with Gasteiger partial charge in [-0.15, -0.1) is 0 Å². The molecule has 0 amide bonds. The minimum atomic E-state index is 0.0240. The molecule has 0 aromatic heterocycles. The molecule has 1 aromatic rings. The van der Waals surface area contributed by atoms with Crippen LogP contribution in [0.3, 0.4) is 0 Å². The first-order valence-corrected chi connectivity index (χ1v) is 7.05. The summed E-state index contributed by atoms with van der Waals surface area (Å²) in [5.74, 6) is 0. The van der Waals surface area contributed by atoms with Crippen LogP contribution in [-0.2, 0) is 11.2 Å². The van der Waals surface area contributed by atoms with Crippen molar-refractivity contribution in [1.29, 1.82) is 0 Å². The van der Waals surface area contributed by atoms with Crippen LogP contribution in [0.25, 0.3) is 0 Å². The van der Waals surface area contributed by atoms with Gasteiger partial charge in [0.15, 0.2) is 0 Å². The third-order valence-electron chi connectivity index (χ3n) is 3.46. The van der Waals surface area contributed by atoms with E-state index < -0.39 is 0 Å². The van der Waals surface area contributed by atoms with E-state index in [1.807, 2.05) is 12.1 Å². The molecule has 0 radical (unpaired) electrons. The molecular weight excluding hydrogens is 246 g/mol. The Morgan fingerprint density at radius 2 is 2.06 bits per heavy atom. The number of nitrogens with one attached hydrogen (secondary N) is 1. The number of ether oxygens (including phenoxy) is 1. The molecule has 0 aliphatic carbocycles. The Hall–Kier alpha value is -0.570. The Morgan fingerprint density at radius 3 is 2.72 bits per heavy atom. The van der Waals surface area contributed by atoms with Crippen LogP contribution in [0.5, 0.6) is 0 Å². The van der Waals surface area contributed by atoms with Crippen molar-refractivity contribution >= 4 is 11.6 Å². The van der Waals surface area contributed by atoms with E-state index in [2.05, 4.69) is 31.3 Å². The molecule has 0 saturated carbocycles. The van der Waals surface area contributed by atoms with Crippen molar-refractivity contribution in [1.82, 2.24) is 5.32 Å². The standard InChI is InChI=1S/C15H22ClNO/c1-15(2)11-14(8-10-18-15)17-9-7-12-3-5-13(16)6-4-12/h3-6,14,17H,7-11H2,1-2H3. The summed E-state index contributed by atoms with van der Waals surface area (Å²) in [4.78, 5) is 0. The molecule has 1 aromatic carbocycles. The molecule has 1 aliphatic rings. The predicted molar refractivity (Wildman–Crippen MR) is 76.2 cm³/mol. The summed E-state index contributed by atoms with van der Waals surface area (Å²) >= 11 is 5.87. The van der Waals surface area contributed by atoms with Crippen molar-refractivity contribution < 1.29 is 4.74 Å². The Morgan fingerprint density at radius 1 is 1.33 bits per heavy atom. The summed E-state index contributed by atoms with van der Waals surface area (Å²) in [7, 11) is 0. The molecule has 1 fully saturated rings. The highest BCUT2D eigenvalue weighted by molar-refractivity contribution is 6.30. The molecule has 1 saturated heterocycles. The number of rotatable bonds is 4. The highest BCUT2D eigenvalue weighted by Crippen LogP contribution is 2.23. The molecule has 18 heavy (non-hydrogen) atoms. The maximum absolute atomic E-state index is 5.87.